The minimum Gasteiger partial charge on any atom is -0.361 e. The van der Waals surface area contributed by atoms with Crippen molar-refractivity contribution in [2.45, 2.75) is 44.9 Å². The summed E-state index contributed by atoms with van der Waals surface area (Å²) in [5.41, 5.74) is 4.01. The number of aromatic nitrogens is 1. The molecule has 2 amide bonds. The van der Waals surface area contributed by atoms with Crippen LogP contribution in [0.5, 0.6) is 0 Å². The summed E-state index contributed by atoms with van der Waals surface area (Å²) in [5.74, 6) is 0.654. The van der Waals surface area contributed by atoms with Gasteiger partial charge >= 0.3 is 0 Å². The Morgan fingerprint density at radius 2 is 1.96 bits per heavy atom. The van der Waals surface area contributed by atoms with E-state index in [1.807, 2.05) is 11.9 Å². The normalized spacial score (nSPS) is 21.9. The highest BCUT2D eigenvalue weighted by atomic mass is 16.2. The number of aromatic amines is 1. The number of carbonyl (C=O) groups excluding carboxylic acids is 2. The Morgan fingerprint density at radius 1 is 1.19 bits per heavy atom. The zero-order chi connectivity index (χ0) is 19.0. The van der Waals surface area contributed by atoms with Gasteiger partial charge in [0.2, 0.25) is 11.8 Å². The van der Waals surface area contributed by atoms with Crippen molar-refractivity contribution in [1.29, 1.82) is 0 Å². The standard InChI is InChI=1S/C22H29N3O2/c1-3-15-5-4-6-18-19(14-23-21(15)18)16-8-11-25(12-9-16)22(27)17-7-10-24(2)20(26)13-17/h4-6,14,16-17,23H,3,7-13H2,1-2H3/t17-/m0/s1. The number of para-hydroxylation sites is 1. The lowest BCUT2D eigenvalue weighted by Crippen LogP contribution is -2.46. The molecule has 2 fully saturated rings. The monoisotopic (exact) mass is 367 g/mol. The van der Waals surface area contributed by atoms with Gasteiger partial charge in [-0.25, -0.2) is 0 Å². The molecule has 27 heavy (non-hydrogen) atoms. The van der Waals surface area contributed by atoms with Gasteiger partial charge in [0.05, 0.1) is 0 Å². The summed E-state index contributed by atoms with van der Waals surface area (Å²) in [6.07, 6.45) is 6.35. The van der Waals surface area contributed by atoms with Crippen LogP contribution >= 0.6 is 0 Å². The van der Waals surface area contributed by atoms with Crippen LogP contribution in [0.1, 0.15) is 49.7 Å². The van der Waals surface area contributed by atoms with Crippen LogP contribution in [-0.2, 0) is 16.0 Å². The quantitative estimate of drug-likeness (QED) is 0.905. The van der Waals surface area contributed by atoms with Gasteiger partial charge in [0, 0.05) is 56.1 Å². The summed E-state index contributed by atoms with van der Waals surface area (Å²) in [6, 6.07) is 6.54. The molecule has 5 nitrogen and oxygen atoms in total. The fourth-order valence-corrected chi connectivity index (χ4v) is 4.69. The van der Waals surface area contributed by atoms with Gasteiger partial charge < -0.3 is 14.8 Å². The number of carbonyl (C=O) groups is 2. The minimum absolute atomic E-state index is 0.0972. The molecule has 0 spiro atoms. The van der Waals surface area contributed by atoms with Gasteiger partial charge in [0.1, 0.15) is 0 Å². The van der Waals surface area contributed by atoms with Crippen molar-refractivity contribution in [2.75, 3.05) is 26.7 Å². The predicted octanol–water partition coefficient (Wildman–Crippen LogP) is 3.30. The number of likely N-dealkylation sites (tertiary alicyclic amines) is 2. The molecule has 0 radical (unpaired) electrons. The zero-order valence-electron chi connectivity index (χ0n) is 16.3. The highest BCUT2D eigenvalue weighted by molar-refractivity contribution is 5.88. The van der Waals surface area contributed by atoms with Crippen molar-refractivity contribution in [2.24, 2.45) is 5.92 Å². The molecule has 1 atom stereocenters. The summed E-state index contributed by atoms with van der Waals surface area (Å²) in [4.78, 5) is 32.0. The van der Waals surface area contributed by atoms with Crippen molar-refractivity contribution in [1.82, 2.24) is 14.8 Å². The third-order valence-electron chi connectivity index (χ3n) is 6.47. The van der Waals surface area contributed by atoms with Crippen LogP contribution in [0.3, 0.4) is 0 Å². The molecule has 2 saturated heterocycles. The molecule has 3 heterocycles. The number of benzene rings is 1. The maximum absolute atomic E-state index is 12.8. The molecule has 0 aliphatic carbocycles. The fourth-order valence-electron chi connectivity index (χ4n) is 4.69. The van der Waals surface area contributed by atoms with Gasteiger partial charge in [0.25, 0.3) is 0 Å². The molecule has 4 rings (SSSR count). The van der Waals surface area contributed by atoms with Crippen molar-refractivity contribution in [3.63, 3.8) is 0 Å². The Labute approximate surface area is 160 Å². The van der Waals surface area contributed by atoms with Gasteiger partial charge in [0.15, 0.2) is 0 Å². The van der Waals surface area contributed by atoms with Crippen LogP contribution in [0, 0.1) is 5.92 Å². The molecule has 1 N–H and O–H groups in total. The number of hydrogen-bond donors (Lipinski definition) is 1. The molecule has 2 aromatic rings. The zero-order valence-corrected chi connectivity index (χ0v) is 16.3. The van der Waals surface area contributed by atoms with Crippen LogP contribution in [0.2, 0.25) is 0 Å². The van der Waals surface area contributed by atoms with E-state index in [1.54, 1.807) is 4.90 Å². The first kappa shape index (κ1) is 18.1. The van der Waals surface area contributed by atoms with Gasteiger partial charge in [-0.15, -0.1) is 0 Å². The van der Waals surface area contributed by atoms with E-state index >= 15 is 0 Å². The highest BCUT2D eigenvalue weighted by Gasteiger charge is 2.33. The molecular weight excluding hydrogens is 338 g/mol. The average molecular weight is 367 g/mol. The number of hydrogen-bond acceptors (Lipinski definition) is 2. The largest absolute Gasteiger partial charge is 0.361 e. The summed E-state index contributed by atoms with van der Waals surface area (Å²) in [6.45, 7) is 4.47. The Balaban J connectivity index is 1.42. The van der Waals surface area contributed by atoms with E-state index in [-0.39, 0.29) is 17.7 Å². The second-order valence-electron chi connectivity index (χ2n) is 8.04. The van der Waals surface area contributed by atoms with Gasteiger partial charge in [-0.2, -0.15) is 0 Å². The predicted molar refractivity (Wildman–Crippen MR) is 107 cm³/mol. The van der Waals surface area contributed by atoms with Gasteiger partial charge in [-0.3, -0.25) is 9.59 Å². The van der Waals surface area contributed by atoms with Crippen LogP contribution in [0.25, 0.3) is 10.9 Å². The maximum Gasteiger partial charge on any atom is 0.226 e. The first-order valence-electron chi connectivity index (χ1n) is 10.2. The number of nitrogens with zero attached hydrogens (tertiary/aromatic N) is 2. The molecule has 1 aromatic heterocycles. The number of piperidine rings is 2. The lowest BCUT2D eigenvalue weighted by atomic mass is 9.87. The van der Waals surface area contributed by atoms with E-state index in [0.717, 1.165) is 38.8 Å². The lowest BCUT2D eigenvalue weighted by molar-refractivity contribution is -0.145. The Bertz CT molecular complexity index is 848. The van der Waals surface area contributed by atoms with Crippen LogP contribution < -0.4 is 0 Å². The number of H-pyrrole nitrogens is 1. The third-order valence-corrected chi connectivity index (χ3v) is 6.47. The van der Waals surface area contributed by atoms with Gasteiger partial charge in [-0.05, 0) is 42.7 Å². The molecule has 0 saturated carbocycles. The molecule has 1 aromatic carbocycles. The molecule has 2 aliphatic rings. The Hall–Kier alpha value is -2.30. The molecular formula is C22H29N3O2. The second kappa shape index (κ2) is 7.37. The summed E-state index contributed by atoms with van der Waals surface area (Å²) in [5, 5.41) is 1.33. The number of amides is 2. The van der Waals surface area contributed by atoms with Crippen molar-refractivity contribution in [3.8, 4) is 0 Å². The third kappa shape index (κ3) is 3.35. The molecule has 5 heteroatoms. The van der Waals surface area contributed by atoms with Crippen molar-refractivity contribution >= 4 is 22.7 Å². The van der Waals surface area contributed by atoms with E-state index in [4.69, 9.17) is 0 Å². The van der Waals surface area contributed by atoms with E-state index in [0.29, 0.717) is 18.9 Å². The molecule has 0 bridgehead atoms. The maximum atomic E-state index is 12.8. The molecule has 2 aliphatic heterocycles. The number of aryl methyl sites for hydroxylation is 1. The Kier molecular flexibility index (Phi) is 4.94. The van der Waals surface area contributed by atoms with Crippen molar-refractivity contribution < 1.29 is 9.59 Å². The summed E-state index contributed by atoms with van der Waals surface area (Å²) < 4.78 is 0. The minimum atomic E-state index is -0.120. The fraction of sp³-hybridized carbons (Fsp3) is 0.545. The first-order chi connectivity index (χ1) is 13.1. The number of fused-ring (bicyclic) bond motifs is 1. The average Bonchev–Trinajstić information content (AvgIpc) is 3.14. The van der Waals surface area contributed by atoms with Crippen molar-refractivity contribution in [3.05, 3.63) is 35.5 Å². The SMILES string of the molecule is CCc1cccc2c(C3CCN(C(=O)[C@H]4CCN(C)C(=O)C4)CC3)c[nH]c12. The summed E-state index contributed by atoms with van der Waals surface area (Å²) in [7, 11) is 1.82. The van der Waals surface area contributed by atoms with E-state index < -0.39 is 0 Å². The Morgan fingerprint density at radius 3 is 2.67 bits per heavy atom. The van der Waals surface area contributed by atoms with E-state index in [2.05, 4.69) is 36.3 Å². The van der Waals surface area contributed by atoms with Crippen LogP contribution in [-0.4, -0.2) is 53.3 Å². The number of nitrogens with one attached hydrogen (secondary N) is 1. The van der Waals surface area contributed by atoms with Gasteiger partial charge in [-0.1, -0.05) is 25.1 Å². The molecule has 0 unspecified atom stereocenters. The number of rotatable bonds is 3. The summed E-state index contributed by atoms with van der Waals surface area (Å²) >= 11 is 0. The van der Waals surface area contributed by atoms with Crippen LogP contribution in [0.15, 0.2) is 24.4 Å². The first-order valence-corrected chi connectivity index (χ1v) is 10.2. The topological polar surface area (TPSA) is 56.4 Å². The lowest BCUT2D eigenvalue weighted by Gasteiger charge is -2.36. The smallest absolute Gasteiger partial charge is 0.226 e. The van der Waals surface area contributed by atoms with Crippen LogP contribution in [0.4, 0.5) is 0 Å². The molecule has 144 valence electrons. The highest BCUT2D eigenvalue weighted by Crippen LogP contribution is 2.35. The van der Waals surface area contributed by atoms with E-state index in [1.165, 1.54) is 22.0 Å². The van der Waals surface area contributed by atoms with E-state index in [9.17, 15) is 9.59 Å². The second-order valence-corrected chi connectivity index (χ2v) is 8.04.